The molecule has 42 heavy (non-hydrogen) atoms. The zero-order valence-electron chi connectivity index (χ0n) is 22.7. The quantitative estimate of drug-likeness (QED) is 0.114. The molecular formula is C23H45N5O14. The average molecular weight is 616 g/mol. The van der Waals surface area contributed by atoms with E-state index in [1.807, 2.05) is 0 Å². The highest BCUT2D eigenvalue weighted by Crippen LogP contribution is 2.34. The van der Waals surface area contributed by atoms with Crippen LogP contribution in [-0.4, -0.2) is 177 Å². The third-order valence-corrected chi connectivity index (χ3v) is 8.32. The molecule has 18 N–H and O–H groups in total. The molecule has 19 atom stereocenters. The van der Waals surface area contributed by atoms with Crippen LogP contribution in [0.1, 0.15) is 6.42 Å². The lowest BCUT2D eigenvalue weighted by Gasteiger charge is -2.47. The molecule has 4 aliphatic rings. The van der Waals surface area contributed by atoms with E-state index in [1.165, 1.54) is 0 Å². The average Bonchev–Trinajstić information content (AvgIpc) is 3.27. The summed E-state index contributed by atoms with van der Waals surface area (Å²) >= 11 is 0. The van der Waals surface area contributed by atoms with E-state index in [4.69, 9.17) is 57.1 Å². The predicted octanol–water partition coefficient (Wildman–Crippen LogP) is -8.86. The summed E-state index contributed by atoms with van der Waals surface area (Å²) in [6.45, 7) is -1.49. The highest BCUT2D eigenvalue weighted by atomic mass is 16.8. The van der Waals surface area contributed by atoms with Gasteiger partial charge in [-0.1, -0.05) is 0 Å². The molecular weight excluding hydrogens is 570 g/mol. The molecule has 19 heteroatoms. The molecule has 1 saturated carbocycles. The number of hydrogen-bond donors (Lipinski definition) is 13. The van der Waals surface area contributed by atoms with E-state index in [9.17, 15) is 40.9 Å². The Morgan fingerprint density at radius 3 is 1.55 bits per heavy atom. The lowest BCUT2D eigenvalue weighted by Crippen LogP contribution is -2.68. The van der Waals surface area contributed by atoms with E-state index in [0.717, 1.165) is 0 Å². The maximum absolute atomic E-state index is 11.1. The van der Waals surface area contributed by atoms with Gasteiger partial charge in [0.15, 0.2) is 18.9 Å². The van der Waals surface area contributed by atoms with Gasteiger partial charge in [0.1, 0.15) is 67.1 Å². The predicted molar refractivity (Wildman–Crippen MR) is 136 cm³/mol. The number of rotatable bonds is 9. The van der Waals surface area contributed by atoms with E-state index in [-0.39, 0.29) is 13.0 Å². The molecule has 3 aliphatic heterocycles. The molecule has 0 radical (unpaired) electrons. The van der Waals surface area contributed by atoms with Crippen molar-refractivity contribution in [2.45, 2.75) is 123 Å². The second kappa shape index (κ2) is 14.1. The van der Waals surface area contributed by atoms with Gasteiger partial charge in [-0.3, -0.25) is 0 Å². The van der Waals surface area contributed by atoms with Crippen LogP contribution in [0.25, 0.3) is 0 Å². The lowest BCUT2D eigenvalue weighted by molar-refractivity contribution is -0.310. The van der Waals surface area contributed by atoms with Crippen molar-refractivity contribution >= 4 is 0 Å². The van der Waals surface area contributed by atoms with E-state index in [2.05, 4.69) is 0 Å². The Bertz CT molecular complexity index is 866. The van der Waals surface area contributed by atoms with Crippen LogP contribution in [0.4, 0.5) is 0 Å². The van der Waals surface area contributed by atoms with Gasteiger partial charge in [-0.25, -0.2) is 0 Å². The van der Waals surface area contributed by atoms with Crippen molar-refractivity contribution in [3.05, 3.63) is 0 Å². The van der Waals surface area contributed by atoms with Gasteiger partial charge < -0.3 is 97.9 Å². The lowest BCUT2D eigenvalue weighted by atomic mass is 9.84. The topological polar surface area (TPSA) is 347 Å². The Hall–Kier alpha value is -0.760. The fourth-order valence-corrected chi connectivity index (χ4v) is 5.70. The van der Waals surface area contributed by atoms with Gasteiger partial charge in [0, 0.05) is 18.6 Å². The van der Waals surface area contributed by atoms with Gasteiger partial charge in [0.2, 0.25) is 0 Å². The summed E-state index contributed by atoms with van der Waals surface area (Å²) in [4.78, 5) is 0. The third-order valence-electron chi connectivity index (χ3n) is 8.32. The molecule has 246 valence electrons. The first-order chi connectivity index (χ1) is 19.8. The maximum atomic E-state index is 11.1. The zero-order valence-corrected chi connectivity index (χ0v) is 22.7. The number of hydrogen-bond acceptors (Lipinski definition) is 19. The summed E-state index contributed by atoms with van der Waals surface area (Å²) < 4.78 is 34.4. The first-order valence-electron chi connectivity index (χ1n) is 13.8. The second-order valence-corrected chi connectivity index (χ2v) is 11.2. The Morgan fingerprint density at radius 2 is 1.00 bits per heavy atom. The van der Waals surface area contributed by atoms with Crippen LogP contribution < -0.4 is 28.7 Å². The Kier molecular flexibility index (Phi) is 11.5. The summed E-state index contributed by atoms with van der Waals surface area (Å²) in [6.07, 6.45) is -20.5. The maximum Gasteiger partial charge on any atom is 0.187 e. The highest BCUT2D eigenvalue weighted by Gasteiger charge is 2.54. The van der Waals surface area contributed by atoms with Crippen LogP contribution in [0.15, 0.2) is 0 Å². The van der Waals surface area contributed by atoms with Gasteiger partial charge in [-0.2, -0.15) is 0 Å². The summed E-state index contributed by atoms with van der Waals surface area (Å²) in [5.41, 5.74) is 29.9. The molecule has 3 saturated heterocycles. The van der Waals surface area contributed by atoms with Crippen molar-refractivity contribution in [2.24, 2.45) is 28.7 Å². The minimum absolute atomic E-state index is 0.0642. The molecule has 0 amide bonds. The molecule has 0 bridgehead atoms. The minimum Gasteiger partial charge on any atom is -0.394 e. The van der Waals surface area contributed by atoms with Gasteiger partial charge in [-0.15, -0.1) is 0 Å². The largest absolute Gasteiger partial charge is 0.394 e. The monoisotopic (exact) mass is 615 g/mol. The van der Waals surface area contributed by atoms with Crippen molar-refractivity contribution in [2.75, 3.05) is 19.8 Å². The summed E-state index contributed by atoms with van der Waals surface area (Å²) in [6, 6.07) is -4.30. The fraction of sp³-hybridized carbons (Fsp3) is 1.00. The van der Waals surface area contributed by atoms with Crippen LogP contribution in [0.2, 0.25) is 0 Å². The highest BCUT2D eigenvalue weighted by molar-refractivity contribution is 5.02. The number of ether oxygens (including phenoxy) is 6. The summed E-state index contributed by atoms with van der Waals surface area (Å²) in [5.74, 6) is 0. The fourth-order valence-electron chi connectivity index (χ4n) is 5.70. The molecule has 0 spiro atoms. The Morgan fingerprint density at radius 1 is 0.524 bits per heavy atom. The standard InChI is InChI=1S/C23H45N5O14/c24-2-7-13(32)15(34)10(27)21(37-7)41-19-9(4-30)39-23(17(19)36)42-20-12(31)5(25)1-6(26)18(20)40-22-11(28)16(35)14(33)8(3-29)38-22/h5-23,29-36H,1-4,24-28H2/t5-,6+,7+,8-,9-,10-,11-,12+,13-,14-,15-,16-,17-,18+,19-,20-,21-,22-,23+/m1/s1. The molecule has 4 rings (SSSR count). The molecule has 3 heterocycles. The molecule has 0 aromatic rings. The van der Waals surface area contributed by atoms with E-state index in [1.54, 1.807) is 0 Å². The van der Waals surface area contributed by atoms with Crippen LogP contribution in [0.5, 0.6) is 0 Å². The van der Waals surface area contributed by atoms with Gasteiger partial charge in [-0.05, 0) is 6.42 Å². The van der Waals surface area contributed by atoms with Crippen LogP contribution in [0, 0.1) is 0 Å². The van der Waals surface area contributed by atoms with Crippen molar-refractivity contribution < 1.29 is 69.3 Å². The van der Waals surface area contributed by atoms with Crippen molar-refractivity contribution in [3.8, 4) is 0 Å². The Labute approximate surface area is 240 Å². The molecule has 0 unspecified atom stereocenters. The first kappa shape index (κ1) is 34.1. The van der Waals surface area contributed by atoms with Crippen molar-refractivity contribution in [3.63, 3.8) is 0 Å². The number of aliphatic hydroxyl groups excluding tert-OH is 8. The zero-order chi connectivity index (χ0) is 31.0. The van der Waals surface area contributed by atoms with Gasteiger partial charge in [0.25, 0.3) is 0 Å². The molecule has 4 fully saturated rings. The second-order valence-electron chi connectivity index (χ2n) is 11.2. The first-order valence-corrected chi connectivity index (χ1v) is 13.8. The molecule has 1 aliphatic carbocycles. The smallest absolute Gasteiger partial charge is 0.187 e. The van der Waals surface area contributed by atoms with Crippen LogP contribution >= 0.6 is 0 Å². The van der Waals surface area contributed by atoms with Crippen LogP contribution in [0.3, 0.4) is 0 Å². The van der Waals surface area contributed by atoms with E-state index in [0.29, 0.717) is 0 Å². The summed E-state index contributed by atoms with van der Waals surface area (Å²) in [5, 5.41) is 82.3. The normalized spacial score (nSPS) is 53.8. The number of aliphatic hydroxyl groups is 8. The third kappa shape index (κ3) is 6.60. The van der Waals surface area contributed by atoms with Crippen molar-refractivity contribution in [1.29, 1.82) is 0 Å². The van der Waals surface area contributed by atoms with Crippen LogP contribution in [-0.2, 0) is 28.4 Å². The summed E-state index contributed by atoms with van der Waals surface area (Å²) in [7, 11) is 0. The molecule has 0 aromatic carbocycles. The molecule has 19 nitrogen and oxygen atoms in total. The number of nitrogens with two attached hydrogens (primary N) is 5. The minimum atomic E-state index is -1.62. The molecule has 0 aromatic heterocycles. The Balaban J connectivity index is 1.50. The van der Waals surface area contributed by atoms with Gasteiger partial charge in [0.05, 0.1) is 31.4 Å². The van der Waals surface area contributed by atoms with Crippen molar-refractivity contribution in [1.82, 2.24) is 0 Å². The van der Waals surface area contributed by atoms with E-state index >= 15 is 0 Å². The van der Waals surface area contributed by atoms with E-state index < -0.39 is 129 Å². The SMILES string of the molecule is NC[C@@H]1O[C@H](O[C@H]2[C@@H](O)[C@H](O[C@@H]3[C@@H](O)[C@H](N)C[C@H](N)[C@@H]3O[C@H]3O[C@H](CO)[C@@H](O)[C@H](O)[C@H]3N)O[C@@H]2CO)[C@H](N)[C@@H](O)[C@@H]1O. The van der Waals surface area contributed by atoms with Gasteiger partial charge >= 0.3 is 0 Å².